The van der Waals surface area contributed by atoms with E-state index in [2.05, 4.69) is 53.3 Å². The van der Waals surface area contributed by atoms with Gasteiger partial charge in [0, 0.05) is 5.56 Å². The van der Waals surface area contributed by atoms with Crippen LogP contribution in [-0.2, 0) is 19.6 Å². The lowest BCUT2D eigenvalue weighted by Gasteiger charge is -2.21. The van der Waals surface area contributed by atoms with E-state index in [1.165, 1.54) is 16.7 Å². The van der Waals surface area contributed by atoms with Crippen LogP contribution in [0.4, 0.5) is 5.69 Å². The maximum Gasteiger partial charge on any atom is 0.120 e. The molecule has 0 heterocycles. The number of fused-ring (bicyclic) bond motifs is 1. The van der Waals surface area contributed by atoms with Gasteiger partial charge in [0.15, 0.2) is 0 Å². The van der Waals surface area contributed by atoms with E-state index in [1.54, 1.807) is 0 Å². The fourth-order valence-electron chi connectivity index (χ4n) is 3.99. The number of rotatable bonds is 9. The number of anilines is 1. The van der Waals surface area contributed by atoms with Crippen LogP contribution in [0.1, 0.15) is 28.7 Å². The highest BCUT2D eigenvalue weighted by atomic mass is 16.5. The summed E-state index contributed by atoms with van der Waals surface area (Å²) in [7, 11) is 0. The average Bonchev–Trinajstić information content (AvgIpc) is 2.91. The number of hydrazine groups is 1. The van der Waals surface area contributed by atoms with Crippen molar-refractivity contribution < 1.29 is 9.47 Å². The van der Waals surface area contributed by atoms with Crippen molar-refractivity contribution in [2.75, 3.05) is 5.43 Å². The van der Waals surface area contributed by atoms with Crippen molar-refractivity contribution in [2.45, 2.75) is 26.1 Å². The van der Waals surface area contributed by atoms with Crippen LogP contribution in [0.5, 0.6) is 11.5 Å². The maximum absolute atomic E-state index is 6.01. The van der Waals surface area contributed by atoms with E-state index >= 15 is 0 Å². The highest BCUT2D eigenvalue weighted by Crippen LogP contribution is 2.29. The minimum atomic E-state index is 0.562. The van der Waals surface area contributed by atoms with E-state index in [0.29, 0.717) is 13.2 Å². The highest BCUT2D eigenvalue weighted by Gasteiger charge is 2.13. The van der Waals surface area contributed by atoms with Gasteiger partial charge in [-0.05, 0) is 72.0 Å². The topological polar surface area (TPSA) is 42.5 Å². The van der Waals surface area contributed by atoms with Gasteiger partial charge < -0.3 is 20.3 Å². The van der Waals surface area contributed by atoms with Crippen molar-refractivity contribution in [2.24, 2.45) is 0 Å². The summed E-state index contributed by atoms with van der Waals surface area (Å²) in [6.45, 7) is 1.14. The van der Waals surface area contributed by atoms with Crippen LogP contribution < -0.4 is 20.3 Å². The summed E-state index contributed by atoms with van der Waals surface area (Å²) in [4.78, 5) is 0. The fraction of sp³-hybridized carbons (Fsp3) is 0.133. The Kier molecular flexibility index (Phi) is 6.77. The van der Waals surface area contributed by atoms with Crippen LogP contribution in [0.2, 0.25) is 0 Å². The summed E-state index contributed by atoms with van der Waals surface area (Å²) < 4.78 is 11.9. The summed E-state index contributed by atoms with van der Waals surface area (Å²) >= 11 is 0. The number of aryl methyl sites for hydroxylation is 1. The largest absolute Gasteiger partial charge is 0.489 e. The first kappa shape index (κ1) is 21.7. The molecule has 0 unspecified atom stereocenters. The lowest BCUT2D eigenvalue weighted by atomic mass is 9.94. The molecule has 0 aromatic heterocycles. The van der Waals surface area contributed by atoms with Gasteiger partial charge in [0.2, 0.25) is 0 Å². The molecule has 34 heavy (non-hydrogen) atoms. The summed E-state index contributed by atoms with van der Waals surface area (Å²) in [5.41, 5.74) is 13.6. The second kappa shape index (κ2) is 10.6. The molecule has 0 saturated carbocycles. The van der Waals surface area contributed by atoms with E-state index in [1.807, 2.05) is 66.7 Å². The lowest BCUT2D eigenvalue weighted by Crippen LogP contribution is -2.22. The standard InChI is InChI=1S/C30H28N2O2/c1-3-8-23(9-4-1)21-33-27-16-14-26(15-17-27)31-32-30-13-7-12-25-20-28(18-19-29(25)30)34-22-24-10-5-2-6-11-24/h1-6,8-11,13-20,31-32H,7,12,21-22H2. The molecule has 0 saturated heterocycles. The Bertz CT molecular complexity index is 1240. The van der Waals surface area contributed by atoms with Crippen LogP contribution in [0.25, 0.3) is 5.70 Å². The first-order chi connectivity index (χ1) is 16.8. The molecule has 4 aromatic rings. The molecule has 0 atom stereocenters. The van der Waals surface area contributed by atoms with E-state index in [0.717, 1.165) is 41.3 Å². The van der Waals surface area contributed by atoms with Gasteiger partial charge in [-0.1, -0.05) is 66.7 Å². The van der Waals surface area contributed by atoms with Crippen molar-refractivity contribution in [3.63, 3.8) is 0 Å². The molecule has 5 rings (SSSR count). The Labute approximate surface area is 200 Å². The molecule has 0 fully saturated rings. The Morgan fingerprint density at radius 1 is 0.618 bits per heavy atom. The van der Waals surface area contributed by atoms with Crippen LogP contribution in [0.3, 0.4) is 0 Å². The van der Waals surface area contributed by atoms with Gasteiger partial charge in [-0.3, -0.25) is 0 Å². The monoisotopic (exact) mass is 448 g/mol. The zero-order valence-electron chi connectivity index (χ0n) is 19.0. The third-order valence-corrected chi connectivity index (χ3v) is 5.82. The quantitative estimate of drug-likeness (QED) is 0.278. The van der Waals surface area contributed by atoms with Gasteiger partial charge >= 0.3 is 0 Å². The minimum absolute atomic E-state index is 0.562. The van der Waals surface area contributed by atoms with Crippen LogP contribution >= 0.6 is 0 Å². The van der Waals surface area contributed by atoms with Crippen molar-refractivity contribution in [3.8, 4) is 11.5 Å². The van der Waals surface area contributed by atoms with Gasteiger partial charge in [-0.2, -0.15) is 0 Å². The molecule has 0 amide bonds. The molecule has 4 aromatic carbocycles. The zero-order chi connectivity index (χ0) is 23.0. The smallest absolute Gasteiger partial charge is 0.120 e. The number of benzene rings is 4. The molecule has 170 valence electrons. The van der Waals surface area contributed by atoms with Crippen LogP contribution in [-0.4, -0.2) is 0 Å². The SMILES string of the molecule is C1=C(NNc2ccc(OCc3ccccc3)cc2)c2ccc(OCc3ccccc3)cc2CC1. The molecular weight excluding hydrogens is 420 g/mol. The number of hydrogen-bond donors (Lipinski definition) is 2. The van der Waals surface area contributed by atoms with Gasteiger partial charge in [0.25, 0.3) is 0 Å². The Balaban J connectivity index is 1.16. The van der Waals surface area contributed by atoms with E-state index in [-0.39, 0.29) is 0 Å². The van der Waals surface area contributed by atoms with Gasteiger partial charge in [-0.15, -0.1) is 0 Å². The molecular formula is C30H28N2O2. The first-order valence-electron chi connectivity index (χ1n) is 11.6. The Morgan fingerprint density at radius 2 is 1.24 bits per heavy atom. The van der Waals surface area contributed by atoms with Crippen molar-refractivity contribution >= 4 is 11.4 Å². The zero-order valence-corrected chi connectivity index (χ0v) is 19.0. The van der Waals surface area contributed by atoms with Crippen molar-refractivity contribution in [1.82, 2.24) is 5.43 Å². The van der Waals surface area contributed by atoms with Crippen LogP contribution in [0, 0.1) is 0 Å². The molecule has 1 aliphatic rings. The third-order valence-electron chi connectivity index (χ3n) is 5.82. The summed E-state index contributed by atoms with van der Waals surface area (Å²) in [5.74, 6) is 1.75. The fourth-order valence-corrected chi connectivity index (χ4v) is 3.99. The molecule has 1 aliphatic carbocycles. The molecule has 2 N–H and O–H groups in total. The highest BCUT2D eigenvalue weighted by molar-refractivity contribution is 5.70. The Hall–Kier alpha value is -4.18. The second-order valence-electron chi connectivity index (χ2n) is 8.30. The van der Waals surface area contributed by atoms with Crippen molar-refractivity contribution in [1.29, 1.82) is 0 Å². The van der Waals surface area contributed by atoms with Gasteiger partial charge in [-0.25, -0.2) is 0 Å². The normalized spacial score (nSPS) is 12.3. The number of allylic oxidation sites excluding steroid dienone is 1. The predicted octanol–water partition coefficient (Wildman–Crippen LogP) is 6.75. The number of nitrogens with one attached hydrogen (secondary N) is 2. The molecule has 4 nitrogen and oxygen atoms in total. The van der Waals surface area contributed by atoms with E-state index in [9.17, 15) is 0 Å². The summed E-state index contributed by atoms with van der Waals surface area (Å²) in [6.07, 6.45) is 4.24. The number of ether oxygens (including phenoxy) is 2. The maximum atomic E-state index is 6.01. The molecule has 0 radical (unpaired) electrons. The molecule has 0 spiro atoms. The molecule has 0 bridgehead atoms. The van der Waals surface area contributed by atoms with E-state index < -0.39 is 0 Å². The molecule has 4 heteroatoms. The van der Waals surface area contributed by atoms with Gasteiger partial charge in [0.1, 0.15) is 24.7 Å². The first-order valence-corrected chi connectivity index (χ1v) is 11.6. The number of hydrogen-bond acceptors (Lipinski definition) is 4. The lowest BCUT2D eigenvalue weighted by molar-refractivity contribution is 0.306. The Morgan fingerprint density at radius 3 is 1.91 bits per heavy atom. The van der Waals surface area contributed by atoms with Crippen molar-refractivity contribution in [3.05, 3.63) is 131 Å². The van der Waals surface area contributed by atoms with E-state index in [4.69, 9.17) is 9.47 Å². The average molecular weight is 449 g/mol. The summed E-state index contributed by atoms with van der Waals surface area (Å²) in [5, 5.41) is 0. The second-order valence-corrected chi connectivity index (χ2v) is 8.30. The minimum Gasteiger partial charge on any atom is -0.489 e. The predicted molar refractivity (Wildman–Crippen MR) is 137 cm³/mol. The van der Waals surface area contributed by atoms with Crippen LogP contribution in [0.15, 0.2) is 109 Å². The molecule has 0 aliphatic heterocycles. The van der Waals surface area contributed by atoms with Gasteiger partial charge in [0.05, 0.1) is 11.4 Å². The summed E-state index contributed by atoms with van der Waals surface area (Å²) in [6, 6.07) is 34.7. The third kappa shape index (κ3) is 5.59.